The molecule has 19 heavy (non-hydrogen) atoms. The fraction of sp³-hybridized carbons (Fsp3) is 0.400. The first-order chi connectivity index (χ1) is 9.20. The van der Waals surface area contributed by atoms with Gasteiger partial charge in [-0.05, 0) is 26.8 Å². The highest BCUT2D eigenvalue weighted by Crippen LogP contribution is 2.25. The lowest BCUT2D eigenvalue weighted by atomic mass is 10.1. The molecule has 0 aliphatic heterocycles. The molecule has 2 rings (SSSR count). The van der Waals surface area contributed by atoms with Gasteiger partial charge in [0.2, 0.25) is 0 Å². The molecule has 0 saturated carbocycles. The van der Waals surface area contributed by atoms with E-state index in [1.165, 1.54) is 5.56 Å². The number of aromatic nitrogens is 1. The van der Waals surface area contributed by atoms with Gasteiger partial charge >= 0.3 is 0 Å². The summed E-state index contributed by atoms with van der Waals surface area (Å²) in [6.45, 7) is 7.66. The second-order valence-electron chi connectivity index (χ2n) is 4.43. The molecule has 3 nitrogen and oxygen atoms in total. The van der Waals surface area contributed by atoms with Gasteiger partial charge < -0.3 is 10.1 Å². The molecule has 0 amide bonds. The van der Waals surface area contributed by atoms with Crippen molar-refractivity contribution >= 4 is 11.3 Å². The SMILES string of the molecule is CCOc1ccccc1C(C)NCc1csc(C)n1. The average molecular weight is 276 g/mol. The number of aryl methyl sites for hydroxylation is 1. The lowest BCUT2D eigenvalue weighted by Crippen LogP contribution is -2.19. The average Bonchev–Trinajstić information content (AvgIpc) is 2.83. The molecule has 0 saturated heterocycles. The summed E-state index contributed by atoms with van der Waals surface area (Å²) in [5.41, 5.74) is 2.29. The van der Waals surface area contributed by atoms with Crippen LogP contribution < -0.4 is 10.1 Å². The molecule has 102 valence electrons. The number of benzene rings is 1. The summed E-state index contributed by atoms with van der Waals surface area (Å²) in [6, 6.07) is 8.41. The topological polar surface area (TPSA) is 34.1 Å². The summed E-state index contributed by atoms with van der Waals surface area (Å²) in [4.78, 5) is 4.46. The van der Waals surface area contributed by atoms with Crippen molar-refractivity contribution in [2.45, 2.75) is 33.4 Å². The summed E-state index contributed by atoms with van der Waals surface area (Å²) >= 11 is 1.69. The van der Waals surface area contributed by atoms with Crippen LogP contribution in [-0.2, 0) is 6.54 Å². The molecule has 1 atom stereocenters. The summed E-state index contributed by atoms with van der Waals surface area (Å²) < 4.78 is 5.66. The van der Waals surface area contributed by atoms with Gasteiger partial charge in [-0.1, -0.05) is 18.2 Å². The predicted molar refractivity (Wildman–Crippen MR) is 79.7 cm³/mol. The first kappa shape index (κ1) is 14.0. The van der Waals surface area contributed by atoms with Crippen molar-refractivity contribution in [2.75, 3.05) is 6.61 Å². The van der Waals surface area contributed by atoms with E-state index >= 15 is 0 Å². The molecule has 0 aliphatic carbocycles. The molecule has 1 unspecified atom stereocenters. The largest absolute Gasteiger partial charge is 0.494 e. The molecule has 1 aromatic carbocycles. The van der Waals surface area contributed by atoms with Crippen LogP contribution >= 0.6 is 11.3 Å². The van der Waals surface area contributed by atoms with Crippen LogP contribution in [0.15, 0.2) is 29.6 Å². The maximum absolute atomic E-state index is 5.66. The molecule has 0 radical (unpaired) electrons. The minimum atomic E-state index is 0.241. The highest BCUT2D eigenvalue weighted by molar-refractivity contribution is 7.09. The van der Waals surface area contributed by atoms with E-state index in [1.807, 2.05) is 32.0 Å². The number of nitrogens with zero attached hydrogens (tertiary/aromatic N) is 1. The Bertz CT molecular complexity index is 524. The molecule has 4 heteroatoms. The zero-order chi connectivity index (χ0) is 13.7. The van der Waals surface area contributed by atoms with E-state index in [1.54, 1.807) is 11.3 Å². The van der Waals surface area contributed by atoms with Gasteiger partial charge in [0.25, 0.3) is 0 Å². The van der Waals surface area contributed by atoms with Crippen molar-refractivity contribution < 1.29 is 4.74 Å². The molecular formula is C15H20N2OS. The fourth-order valence-electron chi connectivity index (χ4n) is 1.98. The monoisotopic (exact) mass is 276 g/mol. The number of hydrogen-bond donors (Lipinski definition) is 1. The van der Waals surface area contributed by atoms with E-state index in [-0.39, 0.29) is 6.04 Å². The summed E-state index contributed by atoms with van der Waals surface area (Å²) in [5, 5.41) is 6.70. The Hall–Kier alpha value is -1.39. The van der Waals surface area contributed by atoms with Gasteiger partial charge in [0.15, 0.2) is 0 Å². The number of ether oxygens (including phenoxy) is 1. The quantitative estimate of drug-likeness (QED) is 0.873. The van der Waals surface area contributed by atoms with Gasteiger partial charge in [-0.15, -0.1) is 11.3 Å². The van der Waals surface area contributed by atoms with Crippen LogP contribution in [0.1, 0.15) is 36.2 Å². The molecule has 1 heterocycles. The van der Waals surface area contributed by atoms with Crippen LogP contribution in [0, 0.1) is 6.92 Å². The minimum absolute atomic E-state index is 0.241. The van der Waals surface area contributed by atoms with Crippen LogP contribution in [0.25, 0.3) is 0 Å². The summed E-state index contributed by atoms with van der Waals surface area (Å²) in [7, 11) is 0. The maximum Gasteiger partial charge on any atom is 0.124 e. The van der Waals surface area contributed by atoms with E-state index in [0.717, 1.165) is 23.0 Å². The van der Waals surface area contributed by atoms with Crippen LogP contribution in [0.5, 0.6) is 5.75 Å². The van der Waals surface area contributed by atoms with Crippen LogP contribution in [0.2, 0.25) is 0 Å². The second-order valence-corrected chi connectivity index (χ2v) is 5.49. The lowest BCUT2D eigenvalue weighted by molar-refractivity contribution is 0.332. The van der Waals surface area contributed by atoms with Crippen LogP contribution in [-0.4, -0.2) is 11.6 Å². The third kappa shape index (κ3) is 3.78. The normalized spacial score (nSPS) is 12.4. The van der Waals surface area contributed by atoms with Crippen molar-refractivity contribution in [3.63, 3.8) is 0 Å². The molecular weight excluding hydrogens is 256 g/mol. The van der Waals surface area contributed by atoms with E-state index in [2.05, 4.69) is 28.7 Å². The molecule has 0 fully saturated rings. The third-order valence-electron chi connectivity index (χ3n) is 2.94. The van der Waals surface area contributed by atoms with E-state index in [9.17, 15) is 0 Å². The summed E-state index contributed by atoms with van der Waals surface area (Å²) in [5.74, 6) is 0.958. The molecule has 1 aromatic heterocycles. The number of nitrogens with one attached hydrogen (secondary N) is 1. The number of rotatable bonds is 6. The second kappa shape index (κ2) is 6.68. The van der Waals surface area contributed by atoms with E-state index < -0.39 is 0 Å². The van der Waals surface area contributed by atoms with Crippen LogP contribution in [0.4, 0.5) is 0 Å². The molecule has 0 spiro atoms. The number of hydrogen-bond acceptors (Lipinski definition) is 4. The molecule has 1 N–H and O–H groups in total. The van der Waals surface area contributed by atoms with Gasteiger partial charge in [0.05, 0.1) is 17.3 Å². The Kier molecular flexibility index (Phi) is 4.93. The maximum atomic E-state index is 5.66. The lowest BCUT2D eigenvalue weighted by Gasteiger charge is -2.17. The van der Waals surface area contributed by atoms with Gasteiger partial charge in [-0.2, -0.15) is 0 Å². The van der Waals surface area contributed by atoms with Crippen molar-refractivity contribution in [1.29, 1.82) is 0 Å². The van der Waals surface area contributed by atoms with Crippen molar-refractivity contribution in [2.24, 2.45) is 0 Å². The standard InChI is InChI=1S/C15H20N2OS/c1-4-18-15-8-6-5-7-14(15)11(2)16-9-13-10-19-12(3)17-13/h5-8,10-11,16H,4,9H2,1-3H3. The molecule has 2 aromatic rings. The van der Waals surface area contributed by atoms with E-state index in [0.29, 0.717) is 6.61 Å². The zero-order valence-electron chi connectivity index (χ0n) is 11.6. The Morgan fingerprint density at radius 1 is 1.37 bits per heavy atom. The number of thiazole rings is 1. The van der Waals surface area contributed by atoms with E-state index in [4.69, 9.17) is 4.74 Å². The van der Waals surface area contributed by atoms with Gasteiger partial charge in [-0.25, -0.2) is 4.98 Å². The highest BCUT2D eigenvalue weighted by Gasteiger charge is 2.11. The van der Waals surface area contributed by atoms with Crippen LogP contribution in [0.3, 0.4) is 0 Å². The van der Waals surface area contributed by atoms with Crippen molar-refractivity contribution in [3.8, 4) is 5.75 Å². The Morgan fingerprint density at radius 2 is 2.16 bits per heavy atom. The van der Waals surface area contributed by atoms with Gasteiger partial charge in [0.1, 0.15) is 5.75 Å². The van der Waals surface area contributed by atoms with Crippen molar-refractivity contribution in [3.05, 3.63) is 45.9 Å². The fourth-order valence-corrected chi connectivity index (χ4v) is 2.59. The number of para-hydroxylation sites is 1. The Morgan fingerprint density at radius 3 is 2.84 bits per heavy atom. The molecule has 0 bridgehead atoms. The Labute approximate surface area is 118 Å². The van der Waals surface area contributed by atoms with Crippen molar-refractivity contribution in [1.82, 2.24) is 10.3 Å². The minimum Gasteiger partial charge on any atom is -0.494 e. The first-order valence-electron chi connectivity index (χ1n) is 6.56. The zero-order valence-corrected chi connectivity index (χ0v) is 12.5. The van der Waals surface area contributed by atoms with Gasteiger partial charge in [0, 0.05) is 23.5 Å². The smallest absolute Gasteiger partial charge is 0.124 e. The third-order valence-corrected chi connectivity index (χ3v) is 3.76. The summed E-state index contributed by atoms with van der Waals surface area (Å²) in [6.07, 6.45) is 0. The Balaban J connectivity index is 2.01. The molecule has 0 aliphatic rings. The predicted octanol–water partition coefficient (Wildman–Crippen LogP) is 3.70. The first-order valence-corrected chi connectivity index (χ1v) is 7.44. The van der Waals surface area contributed by atoms with Gasteiger partial charge in [-0.3, -0.25) is 0 Å². The highest BCUT2D eigenvalue weighted by atomic mass is 32.1.